The fourth-order valence-electron chi connectivity index (χ4n) is 5.35. The van der Waals surface area contributed by atoms with Crippen LogP contribution in [-0.4, -0.2) is 56.6 Å². The molecule has 5 rings (SSSR count). The molecule has 0 spiro atoms. The molecule has 2 atom stereocenters. The Balaban J connectivity index is 1.39. The summed E-state index contributed by atoms with van der Waals surface area (Å²) >= 11 is 0. The van der Waals surface area contributed by atoms with Crippen LogP contribution < -0.4 is 10.1 Å². The van der Waals surface area contributed by atoms with E-state index in [0.717, 1.165) is 58.8 Å². The molecule has 216 valence electrons. The summed E-state index contributed by atoms with van der Waals surface area (Å²) in [6.07, 6.45) is 8.31. The molecular formula is C33H42N6O2. The van der Waals surface area contributed by atoms with Crippen LogP contribution in [0.2, 0.25) is 0 Å². The number of benzene rings is 2. The SMILES string of the molecule is CCn1ccc(-c2cc(-c3cnn(C(C)C)c3)cc([C@@H](C)NC(=O)c3cc(OC[C@@H]4CCCN4C)ccc3C)c2)n1. The Bertz CT molecular complexity index is 1500. The number of aromatic nitrogens is 4. The van der Waals surface area contributed by atoms with Gasteiger partial charge in [-0.1, -0.05) is 6.07 Å². The van der Waals surface area contributed by atoms with E-state index < -0.39 is 0 Å². The maximum absolute atomic E-state index is 13.5. The average molecular weight is 555 g/mol. The summed E-state index contributed by atoms with van der Waals surface area (Å²) in [5, 5.41) is 12.5. The van der Waals surface area contributed by atoms with Gasteiger partial charge in [0, 0.05) is 47.7 Å². The van der Waals surface area contributed by atoms with Gasteiger partial charge in [-0.2, -0.15) is 10.2 Å². The first-order valence-corrected chi connectivity index (χ1v) is 14.7. The molecule has 41 heavy (non-hydrogen) atoms. The third-order valence-electron chi connectivity index (χ3n) is 8.09. The lowest BCUT2D eigenvalue weighted by molar-refractivity contribution is 0.0938. The quantitative estimate of drug-likeness (QED) is 0.249. The second-order valence-corrected chi connectivity index (χ2v) is 11.5. The van der Waals surface area contributed by atoms with Crippen molar-refractivity contribution in [2.45, 2.75) is 72.1 Å². The molecule has 0 aliphatic carbocycles. The molecule has 2 aromatic carbocycles. The molecule has 0 radical (unpaired) electrons. The van der Waals surface area contributed by atoms with Crippen molar-refractivity contribution in [2.75, 3.05) is 20.2 Å². The van der Waals surface area contributed by atoms with Crippen molar-refractivity contribution in [2.24, 2.45) is 0 Å². The molecule has 3 heterocycles. The first-order chi connectivity index (χ1) is 19.7. The number of amides is 1. The zero-order chi connectivity index (χ0) is 29.1. The third kappa shape index (κ3) is 6.54. The first-order valence-electron chi connectivity index (χ1n) is 14.7. The lowest BCUT2D eigenvalue weighted by atomic mass is 9.96. The number of likely N-dealkylation sites (N-methyl/N-ethyl adjacent to an activating group) is 1. The number of nitrogens with one attached hydrogen (secondary N) is 1. The number of aryl methyl sites for hydroxylation is 2. The van der Waals surface area contributed by atoms with Crippen LogP contribution in [0.1, 0.15) is 74.1 Å². The van der Waals surface area contributed by atoms with E-state index in [-0.39, 0.29) is 18.0 Å². The highest BCUT2D eigenvalue weighted by Crippen LogP contribution is 2.31. The van der Waals surface area contributed by atoms with Gasteiger partial charge in [0.25, 0.3) is 5.91 Å². The number of rotatable bonds is 10. The van der Waals surface area contributed by atoms with Gasteiger partial charge in [-0.05, 0) is 114 Å². The van der Waals surface area contributed by atoms with Crippen molar-refractivity contribution in [3.8, 4) is 28.1 Å². The van der Waals surface area contributed by atoms with Crippen LogP contribution in [0.4, 0.5) is 0 Å². The van der Waals surface area contributed by atoms with Crippen molar-refractivity contribution in [1.82, 2.24) is 29.8 Å². The summed E-state index contributed by atoms with van der Waals surface area (Å²) in [6.45, 7) is 12.8. The summed E-state index contributed by atoms with van der Waals surface area (Å²) in [5.74, 6) is 0.611. The molecular weight excluding hydrogens is 512 g/mol. The van der Waals surface area contributed by atoms with Crippen LogP contribution in [0, 0.1) is 6.92 Å². The summed E-state index contributed by atoms with van der Waals surface area (Å²) in [7, 11) is 2.14. The predicted molar refractivity (Wildman–Crippen MR) is 163 cm³/mol. The normalized spacial score (nSPS) is 16.3. The van der Waals surface area contributed by atoms with Gasteiger partial charge >= 0.3 is 0 Å². The Hall–Kier alpha value is -3.91. The largest absolute Gasteiger partial charge is 0.492 e. The molecule has 0 bridgehead atoms. The van der Waals surface area contributed by atoms with Gasteiger partial charge in [-0.25, -0.2) is 0 Å². The van der Waals surface area contributed by atoms with Crippen molar-refractivity contribution in [3.05, 3.63) is 77.7 Å². The number of ether oxygens (including phenoxy) is 1. The Morgan fingerprint density at radius 1 is 1.10 bits per heavy atom. The number of carbonyl (C=O) groups excluding carboxylic acids is 1. The van der Waals surface area contributed by atoms with Gasteiger partial charge in [0.05, 0.1) is 17.9 Å². The molecule has 1 fully saturated rings. The molecule has 1 saturated heterocycles. The summed E-state index contributed by atoms with van der Waals surface area (Å²) in [5.41, 5.74) is 6.53. The average Bonchev–Trinajstić information content (AvgIpc) is 3.73. The van der Waals surface area contributed by atoms with E-state index in [4.69, 9.17) is 9.84 Å². The fourth-order valence-corrected chi connectivity index (χ4v) is 5.35. The Morgan fingerprint density at radius 2 is 1.90 bits per heavy atom. The maximum atomic E-state index is 13.5. The van der Waals surface area contributed by atoms with Crippen LogP contribution in [-0.2, 0) is 6.54 Å². The van der Waals surface area contributed by atoms with E-state index in [9.17, 15) is 4.79 Å². The van der Waals surface area contributed by atoms with Crippen LogP contribution in [0.25, 0.3) is 22.4 Å². The van der Waals surface area contributed by atoms with E-state index in [0.29, 0.717) is 18.2 Å². The van der Waals surface area contributed by atoms with E-state index in [1.54, 1.807) is 0 Å². The Kier molecular flexibility index (Phi) is 8.59. The minimum absolute atomic E-state index is 0.117. The van der Waals surface area contributed by atoms with Crippen LogP contribution >= 0.6 is 0 Å². The molecule has 0 unspecified atom stereocenters. The van der Waals surface area contributed by atoms with Crippen LogP contribution in [0.3, 0.4) is 0 Å². The number of carbonyl (C=O) groups is 1. The highest BCUT2D eigenvalue weighted by Gasteiger charge is 2.22. The van der Waals surface area contributed by atoms with Gasteiger partial charge in [0.15, 0.2) is 0 Å². The van der Waals surface area contributed by atoms with Crippen molar-refractivity contribution >= 4 is 5.91 Å². The second-order valence-electron chi connectivity index (χ2n) is 11.5. The molecule has 1 N–H and O–H groups in total. The standard InChI is InChI=1S/C33H42N6O2/c1-7-38-14-12-32(36-38)27-16-25(15-26(17-27)28-19-34-39(20-28)22(2)3)24(5)35-33(40)31-18-30(11-10-23(31)4)41-21-29-9-8-13-37(29)6/h10-12,14-20,22,24,29H,7-9,13,21H2,1-6H3,(H,35,40)/t24-,29+/m1/s1. The number of nitrogens with zero attached hydrogens (tertiary/aromatic N) is 5. The second kappa shape index (κ2) is 12.3. The summed E-state index contributed by atoms with van der Waals surface area (Å²) in [6, 6.07) is 14.7. The fraction of sp³-hybridized carbons (Fsp3) is 0.424. The maximum Gasteiger partial charge on any atom is 0.252 e. The molecule has 4 aromatic rings. The third-order valence-corrected chi connectivity index (χ3v) is 8.09. The van der Waals surface area contributed by atoms with Gasteiger partial charge in [-0.15, -0.1) is 0 Å². The first kappa shape index (κ1) is 28.6. The van der Waals surface area contributed by atoms with Gasteiger partial charge in [0.2, 0.25) is 0 Å². The topological polar surface area (TPSA) is 77.2 Å². The van der Waals surface area contributed by atoms with Crippen molar-refractivity contribution in [3.63, 3.8) is 0 Å². The van der Waals surface area contributed by atoms with E-state index in [1.165, 1.54) is 6.42 Å². The van der Waals surface area contributed by atoms with Crippen LogP contribution in [0.5, 0.6) is 5.75 Å². The number of likely N-dealkylation sites (tertiary alicyclic amines) is 1. The molecule has 1 aliphatic rings. The van der Waals surface area contributed by atoms with E-state index in [2.05, 4.69) is 67.5 Å². The van der Waals surface area contributed by atoms with Crippen molar-refractivity contribution < 1.29 is 9.53 Å². The lowest BCUT2D eigenvalue weighted by Crippen LogP contribution is -2.30. The smallest absolute Gasteiger partial charge is 0.252 e. The zero-order valence-electron chi connectivity index (χ0n) is 25.1. The Labute approximate surface area is 243 Å². The highest BCUT2D eigenvalue weighted by atomic mass is 16.5. The number of hydrogen-bond donors (Lipinski definition) is 1. The van der Waals surface area contributed by atoms with Gasteiger partial charge in [0.1, 0.15) is 12.4 Å². The van der Waals surface area contributed by atoms with E-state index >= 15 is 0 Å². The predicted octanol–water partition coefficient (Wildman–Crippen LogP) is 6.29. The van der Waals surface area contributed by atoms with E-state index in [1.807, 2.05) is 59.9 Å². The van der Waals surface area contributed by atoms with Crippen LogP contribution in [0.15, 0.2) is 61.1 Å². The molecule has 8 heteroatoms. The minimum atomic E-state index is -0.231. The van der Waals surface area contributed by atoms with Gasteiger partial charge < -0.3 is 15.0 Å². The zero-order valence-corrected chi connectivity index (χ0v) is 25.1. The Morgan fingerprint density at radius 3 is 2.59 bits per heavy atom. The minimum Gasteiger partial charge on any atom is -0.492 e. The molecule has 8 nitrogen and oxygen atoms in total. The molecule has 2 aromatic heterocycles. The summed E-state index contributed by atoms with van der Waals surface area (Å²) < 4.78 is 10.00. The van der Waals surface area contributed by atoms with Gasteiger partial charge in [-0.3, -0.25) is 14.2 Å². The molecule has 0 saturated carbocycles. The monoisotopic (exact) mass is 554 g/mol. The molecule has 1 amide bonds. The molecule has 1 aliphatic heterocycles. The van der Waals surface area contributed by atoms with Crippen molar-refractivity contribution in [1.29, 1.82) is 0 Å². The number of hydrogen-bond acceptors (Lipinski definition) is 5. The lowest BCUT2D eigenvalue weighted by Gasteiger charge is -2.20. The highest BCUT2D eigenvalue weighted by molar-refractivity contribution is 5.96. The summed E-state index contributed by atoms with van der Waals surface area (Å²) in [4.78, 5) is 15.9.